The van der Waals surface area contributed by atoms with Gasteiger partial charge in [-0.2, -0.15) is 4.98 Å². The summed E-state index contributed by atoms with van der Waals surface area (Å²) in [6, 6.07) is 13.4. The predicted octanol–water partition coefficient (Wildman–Crippen LogP) is 5.24. The molecule has 0 saturated heterocycles. The van der Waals surface area contributed by atoms with E-state index in [1.54, 1.807) is 31.5 Å². The summed E-state index contributed by atoms with van der Waals surface area (Å²) in [5.41, 5.74) is 4.08. The van der Waals surface area contributed by atoms with Crippen molar-refractivity contribution in [3.63, 3.8) is 0 Å². The third-order valence-electron chi connectivity index (χ3n) is 3.56. The van der Waals surface area contributed by atoms with Gasteiger partial charge in [0.25, 0.3) is 0 Å². The minimum atomic E-state index is 0.454. The van der Waals surface area contributed by atoms with E-state index >= 15 is 0 Å². The van der Waals surface area contributed by atoms with Crippen LogP contribution in [0.4, 0.5) is 23.1 Å². The van der Waals surface area contributed by atoms with Crippen molar-refractivity contribution >= 4 is 34.7 Å². The van der Waals surface area contributed by atoms with E-state index in [1.165, 1.54) is 11.1 Å². The molecule has 0 unspecified atom stereocenters. The van der Waals surface area contributed by atoms with Crippen LogP contribution in [-0.4, -0.2) is 17.1 Å². The molecule has 0 bridgehead atoms. The average Bonchev–Trinajstić information content (AvgIpc) is 2.54. The number of aryl methyl sites for hydroxylation is 2. The summed E-state index contributed by atoms with van der Waals surface area (Å²) < 4.78 is 5.33. The number of nitrogens with one attached hydrogen (secondary N) is 2. The predicted molar refractivity (Wildman–Crippen MR) is 103 cm³/mol. The highest BCUT2D eigenvalue weighted by molar-refractivity contribution is 6.31. The second-order valence-corrected chi connectivity index (χ2v) is 6.17. The summed E-state index contributed by atoms with van der Waals surface area (Å²) in [7, 11) is 1.60. The van der Waals surface area contributed by atoms with Gasteiger partial charge in [-0.25, -0.2) is 4.98 Å². The summed E-state index contributed by atoms with van der Waals surface area (Å²) in [5.74, 6) is 1.82. The van der Waals surface area contributed by atoms with E-state index in [4.69, 9.17) is 16.3 Å². The van der Waals surface area contributed by atoms with Gasteiger partial charge in [0.1, 0.15) is 11.6 Å². The molecule has 0 aliphatic rings. The maximum absolute atomic E-state index is 6.06. The minimum absolute atomic E-state index is 0.454. The molecule has 3 rings (SSSR count). The van der Waals surface area contributed by atoms with Gasteiger partial charge < -0.3 is 15.4 Å². The van der Waals surface area contributed by atoms with Gasteiger partial charge in [-0.1, -0.05) is 17.7 Å². The number of nitrogens with zero attached hydrogens (tertiary/aromatic N) is 2. The van der Waals surface area contributed by atoms with E-state index in [2.05, 4.69) is 52.6 Å². The van der Waals surface area contributed by atoms with Gasteiger partial charge in [0.15, 0.2) is 0 Å². The molecule has 0 aliphatic heterocycles. The van der Waals surface area contributed by atoms with Crippen LogP contribution in [0.3, 0.4) is 0 Å². The second kappa shape index (κ2) is 7.40. The Labute approximate surface area is 152 Å². The number of halogens is 1. The number of ether oxygens (including phenoxy) is 1. The topological polar surface area (TPSA) is 59.1 Å². The lowest BCUT2D eigenvalue weighted by molar-refractivity contribution is 0.417. The van der Waals surface area contributed by atoms with Crippen molar-refractivity contribution < 1.29 is 4.74 Å². The first-order valence-electron chi connectivity index (χ1n) is 7.82. The highest BCUT2D eigenvalue weighted by Gasteiger charge is 2.07. The van der Waals surface area contributed by atoms with Gasteiger partial charge in [-0.05, 0) is 61.4 Å². The molecule has 0 atom stereocenters. The molecule has 0 spiro atoms. The SMILES string of the molecule is COc1ccc(Cl)cc1Nc1nccc(Nc2cc(C)cc(C)c2)n1. The molecule has 0 amide bonds. The third kappa shape index (κ3) is 4.39. The van der Waals surface area contributed by atoms with Gasteiger partial charge in [0, 0.05) is 16.9 Å². The van der Waals surface area contributed by atoms with E-state index in [1.807, 2.05) is 6.07 Å². The van der Waals surface area contributed by atoms with Crippen LogP contribution in [0.5, 0.6) is 5.75 Å². The average molecular weight is 355 g/mol. The van der Waals surface area contributed by atoms with Crippen LogP contribution < -0.4 is 15.4 Å². The molecule has 2 N–H and O–H groups in total. The standard InChI is InChI=1S/C19H19ClN4O/c1-12-8-13(2)10-15(9-12)22-18-6-7-21-19(24-18)23-16-11-14(20)4-5-17(16)25-3/h4-11H,1-3H3,(H2,21,22,23,24). The van der Waals surface area contributed by atoms with Gasteiger partial charge in [-0.3, -0.25) is 0 Å². The lowest BCUT2D eigenvalue weighted by Crippen LogP contribution is -2.02. The maximum Gasteiger partial charge on any atom is 0.229 e. The molecular formula is C19H19ClN4O. The lowest BCUT2D eigenvalue weighted by atomic mass is 10.1. The summed E-state index contributed by atoms with van der Waals surface area (Å²) in [4.78, 5) is 8.75. The molecule has 5 nitrogen and oxygen atoms in total. The molecule has 1 aromatic heterocycles. The molecule has 1 heterocycles. The van der Waals surface area contributed by atoms with E-state index in [9.17, 15) is 0 Å². The van der Waals surface area contributed by atoms with Gasteiger partial charge >= 0.3 is 0 Å². The van der Waals surface area contributed by atoms with Crippen molar-refractivity contribution in [2.45, 2.75) is 13.8 Å². The summed E-state index contributed by atoms with van der Waals surface area (Å²) >= 11 is 6.06. The summed E-state index contributed by atoms with van der Waals surface area (Å²) in [5, 5.41) is 7.05. The first-order chi connectivity index (χ1) is 12.0. The van der Waals surface area contributed by atoms with Crippen molar-refractivity contribution in [2.24, 2.45) is 0 Å². The van der Waals surface area contributed by atoms with Crippen LogP contribution in [0, 0.1) is 13.8 Å². The van der Waals surface area contributed by atoms with E-state index in [0.29, 0.717) is 28.2 Å². The Balaban J connectivity index is 1.83. The molecular weight excluding hydrogens is 336 g/mol. The molecule has 6 heteroatoms. The van der Waals surface area contributed by atoms with Crippen molar-refractivity contribution in [3.8, 4) is 5.75 Å². The second-order valence-electron chi connectivity index (χ2n) is 5.74. The first-order valence-corrected chi connectivity index (χ1v) is 8.20. The lowest BCUT2D eigenvalue weighted by Gasteiger charge is -2.12. The normalized spacial score (nSPS) is 10.4. The van der Waals surface area contributed by atoms with Gasteiger partial charge in [0.05, 0.1) is 12.8 Å². The number of hydrogen-bond acceptors (Lipinski definition) is 5. The molecule has 0 saturated carbocycles. The smallest absolute Gasteiger partial charge is 0.229 e. The van der Waals surface area contributed by atoms with Crippen LogP contribution >= 0.6 is 11.6 Å². The first kappa shape index (κ1) is 17.0. The Morgan fingerprint density at radius 2 is 1.72 bits per heavy atom. The summed E-state index contributed by atoms with van der Waals surface area (Å²) in [6.07, 6.45) is 1.69. The number of aromatic nitrogens is 2. The highest BCUT2D eigenvalue weighted by Crippen LogP contribution is 2.29. The van der Waals surface area contributed by atoms with Crippen molar-refractivity contribution in [3.05, 3.63) is 64.8 Å². The Morgan fingerprint density at radius 3 is 2.44 bits per heavy atom. The molecule has 25 heavy (non-hydrogen) atoms. The van der Waals surface area contributed by atoms with Crippen LogP contribution in [0.1, 0.15) is 11.1 Å². The Kier molecular flexibility index (Phi) is 5.05. The number of methoxy groups -OCH3 is 1. The summed E-state index contributed by atoms with van der Waals surface area (Å²) in [6.45, 7) is 4.13. The quantitative estimate of drug-likeness (QED) is 0.656. The number of anilines is 4. The molecule has 2 aromatic carbocycles. The van der Waals surface area contributed by atoms with Crippen molar-refractivity contribution in [1.29, 1.82) is 0 Å². The van der Waals surface area contributed by atoms with Crippen LogP contribution in [0.25, 0.3) is 0 Å². The fourth-order valence-electron chi connectivity index (χ4n) is 2.58. The molecule has 0 radical (unpaired) electrons. The Hall–Kier alpha value is -2.79. The fourth-order valence-corrected chi connectivity index (χ4v) is 2.75. The zero-order valence-corrected chi connectivity index (χ0v) is 15.1. The van der Waals surface area contributed by atoms with Gasteiger partial charge in [-0.15, -0.1) is 0 Å². The van der Waals surface area contributed by atoms with E-state index in [-0.39, 0.29) is 0 Å². The van der Waals surface area contributed by atoms with Crippen LogP contribution in [-0.2, 0) is 0 Å². The zero-order valence-electron chi connectivity index (χ0n) is 14.3. The molecule has 0 fully saturated rings. The van der Waals surface area contributed by atoms with E-state index < -0.39 is 0 Å². The van der Waals surface area contributed by atoms with Crippen LogP contribution in [0.2, 0.25) is 5.02 Å². The van der Waals surface area contributed by atoms with Crippen molar-refractivity contribution in [1.82, 2.24) is 9.97 Å². The van der Waals surface area contributed by atoms with Crippen LogP contribution in [0.15, 0.2) is 48.7 Å². The maximum atomic E-state index is 6.06. The van der Waals surface area contributed by atoms with E-state index in [0.717, 1.165) is 5.69 Å². The number of hydrogen-bond donors (Lipinski definition) is 2. The number of benzene rings is 2. The molecule has 128 valence electrons. The molecule has 0 aliphatic carbocycles. The zero-order chi connectivity index (χ0) is 17.8. The fraction of sp³-hybridized carbons (Fsp3) is 0.158. The van der Waals surface area contributed by atoms with Crippen molar-refractivity contribution in [2.75, 3.05) is 17.7 Å². The third-order valence-corrected chi connectivity index (χ3v) is 3.79. The highest BCUT2D eigenvalue weighted by atomic mass is 35.5. The number of rotatable bonds is 5. The Bertz CT molecular complexity index is 878. The minimum Gasteiger partial charge on any atom is -0.495 e. The monoisotopic (exact) mass is 354 g/mol. The molecule has 3 aromatic rings. The largest absolute Gasteiger partial charge is 0.495 e. The Morgan fingerprint density at radius 1 is 0.960 bits per heavy atom. The van der Waals surface area contributed by atoms with Gasteiger partial charge in [0.2, 0.25) is 5.95 Å².